The average molecular weight is 628 g/mol. The number of aliphatic hydroxyl groups is 1. The van der Waals surface area contributed by atoms with Crippen LogP contribution in [0.15, 0.2) is 93.9 Å². The van der Waals surface area contributed by atoms with E-state index < -0.39 is 11.0 Å². The minimum Gasteiger partial charge on any atom is -0.499 e. The third-order valence-corrected chi connectivity index (χ3v) is 11.3. The average Bonchev–Trinajstić information content (AvgIpc) is 3.00. The molecule has 1 N–H and O–H groups in total. The zero-order valence-corrected chi connectivity index (χ0v) is 30.7. The second-order valence-electron chi connectivity index (χ2n) is 14.3. The van der Waals surface area contributed by atoms with E-state index in [1.807, 2.05) is 0 Å². The van der Waals surface area contributed by atoms with E-state index in [0.29, 0.717) is 18.6 Å². The van der Waals surface area contributed by atoms with E-state index in [2.05, 4.69) is 131 Å². The first-order valence-electron chi connectivity index (χ1n) is 16.4. The van der Waals surface area contributed by atoms with Gasteiger partial charge in [0.1, 0.15) is 11.3 Å². The van der Waals surface area contributed by atoms with Crippen LogP contribution in [0.3, 0.4) is 0 Å². The summed E-state index contributed by atoms with van der Waals surface area (Å²) in [6, 6.07) is 11.1. The first kappa shape index (κ1) is 36.6. The summed E-state index contributed by atoms with van der Waals surface area (Å²) in [4.78, 5) is 7.77. The van der Waals surface area contributed by atoms with Crippen molar-refractivity contribution in [3.8, 4) is 0 Å². The Morgan fingerprint density at radius 1 is 1.00 bits per heavy atom. The van der Waals surface area contributed by atoms with Crippen LogP contribution in [0.2, 0.25) is 0 Å². The molecule has 0 spiro atoms. The summed E-state index contributed by atoms with van der Waals surface area (Å²) >= 11 is 1.68. The van der Waals surface area contributed by atoms with E-state index in [1.54, 1.807) is 18.9 Å². The van der Waals surface area contributed by atoms with E-state index in [1.165, 1.54) is 21.9 Å². The molecule has 0 saturated heterocycles. The van der Waals surface area contributed by atoms with Crippen molar-refractivity contribution < 1.29 is 9.84 Å². The molecule has 45 heavy (non-hydrogen) atoms. The fourth-order valence-corrected chi connectivity index (χ4v) is 7.75. The SMILES string of the molecule is C=C(S/C(C)=C/C(=C)C(C)(C)CC)/C(C)=C/C1=NC(CC)(C(=C)OC)C(CC)(CCO)c2c1cc(C(C)(C)C)c1ccccc21. The summed E-state index contributed by atoms with van der Waals surface area (Å²) in [5.74, 6) is 0.627. The van der Waals surface area contributed by atoms with Gasteiger partial charge in [-0.1, -0.05) is 111 Å². The third kappa shape index (κ3) is 6.69. The van der Waals surface area contributed by atoms with Gasteiger partial charge in [0.25, 0.3) is 0 Å². The van der Waals surface area contributed by atoms with Crippen LogP contribution in [0.5, 0.6) is 0 Å². The normalized spacial score (nSPS) is 20.9. The molecule has 2 aromatic rings. The molecular formula is C41H57NO2S. The van der Waals surface area contributed by atoms with Gasteiger partial charge in [-0.05, 0) is 107 Å². The Labute approximate surface area is 278 Å². The molecule has 3 nitrogen and oxygen atoms in total. The molecule has 1 aliphatic rings. The molecule has 4 heteroatoms. The number of rotatable bonds is 13. The molecule has 0 amide bonds. The van der Waals surface area contributed by atoms with Crippen molar-refractivity contribution in [3.63, 3.8) is 0 Å². The molecule has 2 atom stereocenters. The monoisotopic (exact) mass is 627 g/mol. The maximum absolute atomic E-state index is 10.6. The molecule has 0 bridgehead atoms. The predicted octanol–water partition coefficient (Wildman–Crippen LogP) is 11.4. The second-order valence-corrected chi connectivity index (χ2v) is 15.6. The Morgan fingerprint density at radius 2 is 1.62 bits per heavy atom. The number of fused-ring (bicyclic) bond motifs is 3. The van der Waals surface area contributed by atoms with Crippen LogP contribution in [-0.4, -0.2) is 30.1 Å². The molecule has 0 radical (unpaired) electrons. The van der Waals surface area contributed by atoms with Crippen LogP contribution < -0.4 is 0 Å². The van der Waals surface area contributed by atoms with E-state index in [4.69, 9.17) is 9.73 Å². The van der Waals surface area contributed by atoms with E-state index in [0.717, 1.165) is 45.1 Å². The molecule has 2 aromatic carbocycles. The fourth-order valence-electron chi connectivity index (χ4n) is 6.94. The third-order valence-electron chi connectivity index (χ3n) is 10.3. The maximum Gasteiger partial charge on any atom is 0.127 e. The lowest BCUT2D eigenvalue weighted by Gasteiger charge is -2.52. The van der Waals surface area contributed by atoms with Gasteiger partial charge in [0.05, 0.1) is 12.8 Å². The summed E-state index contributed by atoms with van der Waals surface area (Å²) in [6.07, 6.45) is 7.43. The highest BCUT2D eigenvalue weighted by atomic mass is 32.2. The Morgan fingerprint density at radius 3 is 2.13 bits per heavy atom. The highest BCUT2D eigenvalue weighted by Gasteiger charge is 2.57. The smallest absolute Gasteiger partial charge is 0.127 e. The lowest BCUT2D eigenvalue weighted by molar-refractivity contribution is 0.113. The number of allylic oxidation sites excluding steroid dienone is 5. The molecule has 0 aliphatic carbocycles. The lowest BCUT2D eigenvalue weighted by Crippen LogP contribution is -2.55. The molecule has 0 fully saturated rings. The number of thioether (sulfide) groups is 1. The van der Waals surface area contributed by atoms with Gasteiger partial charge in [-0.3, -0.25) is 4.99 Å². The molecular weight excluding hydrogens is 571 g/mol. The highest BCUT2D eigenvalue weighted by molar-refractivity contribution is 8.06. The summed E-state index contributed by atoms with van der Waals surface area (Å²) in [6.45, 7) is 35.4. The van der Waals surface area contributed by atoms with Crippen molar-refractivity contribution in [3.05, 3.63) is 106 Å². The van der Waals surface area contributed by atoms with Gasteiger partial charge in [0.15, 0.2) is 0 Å². The Hall–Kier alpha value is -2.82. The lowest BCUT2D eigenvalue weighted by atomic mass is 9.56. The van der Waals surface area contributed by atoms with Crippen LogP contribution in [0.1, 0.15) is 112 Å². The summed E-state index contributed by atoms with van der Waals surface area (Å²) in [5.41, 5.74) is 5.39. The Bertz CT molecular complexity index is 1560. The summed E-state index contributed by atoms with van der Waals surface area (Å²) < 4.78 is 5.98. The summed E-state index contributed by atoms with van der Waals surface area (Å²) in [5, 5.41) is 13.1. The zero-order chi connectivity index (χ0) is 34.0. The number of aliphatic imine (C=N–C) groups is 1. The highest BCUT2D eigenvalue weighted by Crippen LogP contribution is 2.56. The van der Waals surface area contributed by atoms with Gasteiger partial charge >= 0.3 is 0 Å². The van der Waals surface area contributed by atoms with E-state index in [-0.39, 0.29) is 17.4 Å². The van der Waals surface area contributed by atoms with Crippen molar-refractivity contribution in [1.29, 1.82) is 0 Å². The van der Waals surface area contributed by atoms with Gasteiger partial charge in [-0.2, -0.15) is 0 Å². The Balaban J connectivity index is 2.39. The van der Waals surface area contributed by atoms with Crippen molar-refractivity contribution in [2.24, 2.45) is 10.4 Å². The van der Waals surface area contributed by atoms with Crippen LogP contribution in [0.25, 0.3) is 10.8 Å². The van der Waals surface area contributed by atoms with Gasteiger partial charge in [0, 0.05) is 22.5 Å². The first-order valence-corrected chi connectivity index (χ1v) is 17.3. The number of hydrogen-bond acceptors (Lipinski definition) is 4. The molecule has 0 saturated carbocycles. The minimum atomic E-state index is -0.766. The number of nitrogens with zero attached hydrogens (tertiary/aromatic N) is 1. The minimum absolute atomic E-state index is 0.0419. The quantitative estimate of drug-likeness (QED) is 0.177. The molecule has 244 valence electrons. The molecule has 1 aliphatic heterocycles. The number of ether oxygens (including phenoxy) is 1. The van der Waals surface area contributed by atoms with Crippen molar-refractivity contribution in [2.75, 3.05) is 13.7 Å². The second kappa shape index (κ2) is 13.9. The largest absolute Gasteiger partial charge is 0.499 e. The van der Waals surface area contributed by atoms with Crippen molar-refractivity contribution >= 4 is 28.2 Å². The number of aliphatic hydroxyl groups excluding tert-OH is 1. The van der Waals surface area contributed by atoms with Crippen molar-refractivity contribution in [1.82, 2.24) is 0 Å². The number of hydrogen-bond donors (Lipinski definition) is 1. The van der Waals surface area contributed by atoms with Crippen LogP contribution >= 0.6 is 11.8 Å². The van der Waals surface area contributed by atoms with Gasteiger partial charge in [-0.25, -0.2) is 0 Å². The predicted molar refractivity (Wildman–Crippen MR) is 199 cm³/mol. The molecule has 3 rings (SSSR count). The summed E-state index contributed by atoms with van der Waals surface area (Å²) in [7, 11) is 1.69. The van der Waals surface area contributed by atoms with Crippen LogP contribution in [-0.2, 0) is 15.6 Å². The molecule has 2 unspecified atom stereocenters. The fraction of sp³-hybridized carbons (Fsp3) is 0.488. The van der Waals surface area contributed by atoms with Gasteiger partial charge in [-0.15, -0.1) is 0 Å². The van der Waals surface area contributed by atoms with Gasteiger partial charge < -0.3 is 9.84 Å². The first-order chi connectivity index (χ1) is 21.0. The van der Waals surface area contributed by atoms with Gasteiger partial charge in [0.2, 0.25) is 0 Å². The standard InChI is InChI=1S/C41H57NO2S/c1-15-39(12,13)28(5)25-29(6)45-30(7)27(4)24-36-34-26-35(38(9,10)11)32-20-18-19-21-33(32)37(34)40(16-2,22-23-43)41(17-3,42-36)31(8)44-14/h18-21,24-26,43H,5,7-8,15-17,22-23H2,1-4,6,9-14H3/b27-24+,29-25+. The number of benzene rings is 2. The van der Waals surface area contributed by atoms with Crippen LogP contribution in [0, 0.1) is 5.41 Å². The maximum atomic E-state index is 10.6. The topological polar surface area (TPSA) is 41.8 Å². The Kier molecular flexibility index (Phi) is 11.3. The molecule has 0 aromatic heterocycles. The molecule has 1 heterocycles. The van der Waals surface area contributed by atoms with E-state index in [9.17, 15) is 5.11 Å². The number of methoxy groups -OCH3 is 1. The van der Waals surface area contributed by atoms with Crippen LogP contribution in [0.4, 0.5) is 0 Å². The van der Waals surface area contributed by atoms with Crippen molar-refractivity contribution in [2.45, 2.75) is 111 Å². The van der Waals surface area contributed by atoms with E-state index >= 15 is 0 Å². The zero-order valence-electron chi connectivity index (χ0n) is 29.9.